The van der Waals surface area contributed by atoms with Crippen molar-refractivity contribution in [2.45, 2.75) is 40.0 Å². The van der Waals surface area contributed by atoms with Crippen molar-refractivity contribution in [3.05, 3.63) is 0 Å². The van der Waals surface area contributed by atoms with Crippen molar-refractivity contribution in [2.24, 2.45) is 15.9 Å². The van der Waals surface area contributed by atoms with Crippen LogP contribution in [0.3, 0.4) is 0 Å². The Morgan fingerprint density at radius 2 is 2.15 bits per heavy atom. The van der Waals surface area contributed by atoms with Crippen molar-refractivity contribution in [1.82, 2.24) is 0 Å². The van der Waals surface area contributed by atoms with E-state index in [2.05, 4.69) is 30.8 Å². The Morgan fingerprint density at radius 1 is 1.38 bits per heavy atom. The van der Waals surface area contributed by atoms with Crippen LogP contribution in [0.2, 0.25) is 0 Å². The molecule has 1 unspecified atom stereocenters. The minimum Gasteiger partial charge on any atom is -0.294 e. The molecule has 0 aliphatic heterocycles. The molecule has 13 heavy (non-hydrogen) atoms. The highest BCUT2D eigenvalue weighted by Crippen LogP contribution is 2.24. The van der Waals surface area contributed by atoms with E-state index < -0.39 is 0 Å². The van der Waals surface area contributed by atoms with Crippen LogP contribution in [-0.2, 0) is 0 Å². The molecule has 74 valence electrons. The summed E-state index contributed by atoms with van der Waals surface area (Å²) in [7, 11) is 0. The molecule has 0 saturated heterocycles. The zero-order valence-electron chi connectivity index (χ0n) is 9.01. The molecule has 1 fully saturated rings. The fraction of sp³-hybridized carbons (Fsp3) is 0.818. The van der Waals surface area contributed by atoms with Gasteiger partial charge in [0.1, 0.15) is 0 Å². The lowest BCUT2D eigenvalue weighted by molar-refractivity contribution is 0.805. The van der Waals surface area contributed by atoms with Crippen LogP contribution in [0.15, 0.2) is 9.98 Å². The highest BCUT2D eigenvalue weighted by Gasteiger charge is 2.24. The molecule has 0 aromatic carbocycles. The van der Waals surface area contributed by atoms with Crippen LogP contribution < -0.4 is 0 Å². The van der Waals surface area contributed by atoms with Crippen LogP contribution in [0.25, 0.3) is 0 Å². The van der Waals surface area contributed by atoms with Crippen LogP contribution >= 0.6 is 0 Å². The van der Waals surface area contributed by atoms with Gasteiger partial charge in [0.15, 0.2) is 0 Å². The monoisotopic (exact) mass is 180 g/mol. The minimum atomic E-state index is 0.569. The molecule has 0 aromatic heterocycles. The van der Waals surface area contributed by atoms with Crippen LogP contribution in [0.1, 0.15) is 40.0 Å². The summed E-state index contributed by atoms with van der Waals surface area (Å²) in [5.41, 5.74) is 2.67. The average Bonchev–Trinajstić information content (AvgIpc) is 2.54. The normalized spacial score (nSPS) is 27.2. The lowest BCUT2D eigenvalue weighted by Gasteiger charge is -2.10. The topological polar surface area (TPSA) is 24.7 Å². The summed E-state index contributed by atoms with van der Waals surface area (Å²) in [6, 6.07) is 0. The summed E-state index contributed by atoms with van der Waals surface area (Å²) in [5.74, 6) is 0.569. The summed E-state index contributed by atoms with van der Waals surface area (Å²) < 4.78 is 0. The van der Waals surface area contributed by atoms with Gasteiger partial charge in [-0.3, -0.25) is 9.98 Å². The number of aliphatic imine (C=N–C) groups is 2. The number of hydrogen-bond donors (Lipinski definition) is 0. The molecular weight excluding hydrogens is 160 g/mol. The van der Waals surface area contributed by atoms with E-state index in [1.54, 1.807) is 0 Å². The van der Waals surface area contributed by atoms with Gasteiger partial charge in [-0.25, -0.2) is 0 Å². The lowest BCUT2D eigenvalue weighted by Crippen LogP contribution is -2.16. The van der Waals surface area contributed by atoms with Gasteiger partial charge in [0.05, 0.1) is 0 Å². The van der Waals surface area contributed by atoms with Gasteiger partial charge in [-0.1, -0.05) is 0 Å². The van der Waals surface area contributed by atoms with Crippen LogP contribution in [-0.4, -0.2) is 24.5 Å². The van der Waals surface area contributed by atoms with Crippen LogP contribution in [0, 0.1) is 5.92 Å². The Morgan fingerprint density at radius 3 is 2.77 bits per heavy atom. The molecule has 1 atom stereocenters. The molecule has 1 aliphatic carbocycles. The van der Waals surface area contributed by atoms with Crippen molar-refractivity contribution in [1.29, 1.82) is 0 Å². The molecule has 1 rings (SSSR count). The fourth-order valence-corrected chi connectivity index (χ4v) is 2.03. The second-order valence-corrected chi connectivity index (χ2v) is 3.53. The van der Waals surface area contributed by atoms with E-state index >= 15 is 0 Å². The molecule has 2 nitrogen and oxygen atoms in total. The first-order valence-electron chi connectivity index (χ1n) is 5.33. The summed E-state index contributed by atoms with van der Waals surface area (Å²) in [6.45, 7) is 8.17. The Labute approximate surface area is 81.2 Å². The van der Waals surface area contributed by atoms with E-state index in [-0.39, 0.29) is 0 Å². The molecule has 0 N–H and O–H groups in total. The maximum atomic E-state index is 4.54. The predicted octanol–water partition coefficient (Wildman–Crippen LogP) is 2.73. The molecule has 0 heterocycles. The van der Waals surface area contributed by atoms with E-state index in [0.29, 0.717) is 5.92 Å². The maximum absolute atomic E-state index is 4.54. The molecule has 0 spiro atoms. The zero-order chi connectivity index (χ0) is 9.68. The van der Waals surface area contributed by atoms with E-state index in [0.717, 1.165) is 13.1 Å². The molecule has 0 amide bonds. The van der Waals surface area contributed by atoms with Gasteiger partial charge in [0.25, 0.3) is 0 Å². The Hall–Kier alpha value is -0.660. The van der Waals surface area contributed by atoms with Crippen molar-refractivity contribution < 1.29 is 0 Å². The number of nitrogens with zero attached hydrogens (tertiary/aromatic N) is 2. The zero-order valence-corrected chi connectivity index (χ0v) is 9.01. The van der Waals surface area contributed by atoms with Crippen molar-refractivity contribution in [2.75, 3.05) is 13.1 Å². The molecule has 0 bridgehead atoms. The second-order valence-electron chi connectivity index (χ2n) is 3.53. The highest BCUT2D eigenvalue weighted by atomic mass is 14.8. The molecule has 0 radical (unpaired) electrons. The SMILES string of the molecule is CCN=C(C)C1CCCC1=NCC. The highest BCUT2D eigenvalue weighted by molar-refractivity contribution is 6.07. The van der Waals surface area contributed by atoms with Gasteiger partial charge in [-0.05, 0) is 40.0 Å². The second kappa shape index (κ2) is 5.15. The van der Waals surface area contributed by atoms with Crippen LogP contribution in [0.5, 0.6) is 0 Å². The van der Waals surface area contributed by atoms with Gasteiger partial charge < -0.3 is 0 Å². The first-order valence-corrected chi connectivity index (χ1v) is 5.33. The largest absolute Gasteiger partial charge is 0.294 e. The molecule has 0 aromatic rings. The van der Waals surface area contributed by atoms with E-state index in [9.17, 15) is 0 Å². The molecular formula is C11H20N2. The molecule has 1 saturated carbocycles. The number of hydrogen-bond acceptors (Lipinski definition) is 2. The number of rotatable bonds is 3. The van der Waals surface area contributed by atoms with Gasteiger partial charge in [-0.2, -0.15) is 0 Å². The van der Waals surface area contributed by atoms with Gasteiger partial charge >= 0.3 is 0 Å². The quantitative estimate of drug-likeness (QED) is 0.597. The summed E-state index contributed by atoms with van der Waals surface area (Å²) in [4.78, 5) is 9.02. The van der Waals surface area contributed by atoms with E-state index in [1.165, 1.54) is 30.7 Å². The third kappa shape index (κ3) is 2.64. The van der Waals surface area contributed by atoms with Crippen molar-refractivity contribution >= 4 is 11.4 Å². The Kier molecular flexibility index (Phi) is 4.13. The van der Waals surface area contributed by atoms with Crippen molar-refractivity contribution in [3.63, 3.8) is 0 Å². The fourth-order valence-electron chi connectivity index (χ4n) is 2.03. The van der Waals surface area contributed by atoms with Gasteiger partial charge in [-0.15, -0.1) is 0 Å². The average molecular weight is 180 g/mol. The maximum Gasteiger partial charge on any atom is 0.0360 e. The Balaban J connectivity index is 2.68. The smallest absolute Gasteiger partial charge is 0.0360 e. The minimum absolute atomic E-state index is 0.569. The summed E-state index contributed by atoms with van der Waals surface area (Å²) in [5, 5.41) is 0. The van der Waals surface area contributed by atoms with Crippen molar-refractivity contribution in [3.8, 4) is 0 Å². The third-order valence-electron chi connectivity index (χ3n) is 2.60. The molecule has 2 heteroatoms. The van der Waals surface area contributed by atoms with Gasteiger partial charge in [0, 0.05) is 30.4 Å². The summed E-state index contributed by atoms with van der Waals surface area (Å²) >= 11 is 0. The van der Waals surface area contributed by atoms with E-state index in [1.807, 2.05) is 0 Å². The summed E-state index contributed by atoms with van der Waals surface area (Å²) in [6.07, 6.45) is 3.74. The molecule has 1 aliphatic rings. The van der Waals surface area contributed by atoms with Gasteiger partial charge in [0.2, 0.25) is 0 Å². The lowest BCUT2D eigenvalue weighted by atomic mass is 10.0. The van der Waals surface area contributed by atoms with Crippen LogP contribution in [0.4, 0.5) is 0 Å². The predicted molar refractivity (Wildman–Crippen MR) is 59.0 cm³/mol. The first-order chi connectivity index (χ1) is 6.29. The third-order valence-corrected chi connectivity index (χ3v) is 2.60. The first kappa shape index (κ1) is 10.4. The van der Waals surface area contributed by atoms with E-state index in [4.69, 9.17) is 0 Å². The standard InChI is InChI=1S/C11H20N2/c1-4-12-9(3)10-7-6-8-11(10)13-5-2/h10H,4-8H2,1-3H3. The Bertz CT molecular complexity index is 216.